The van der Waals surface area contributed by atoms with Crippen molar-refractivity contribution < 1.29 is 19.1 Å². The molecule has 0 aliphatic heterocycles. The first-order chi connectivity index (χ1) is 15.9. The highest BCUT2D eigenvalue weighted by Gasteiger charge is 2.23. The van der Waals surface area contributed by atoms with Crippen molar-refractivity contribution in [3.8, 4) is 17.5 Å². The van der Waals surface area contributed by atoms with Crippen molar-refractivity contribution in [1.29, 1.82) is 5.26 Å². The van der Waals surface area contributed by atoms with Crippen molar-refractivity contribution in [3.05, 3.63) is 71.5 Å². The Labute approximate surface area is 193 Å². The van der Waals surface area contributed by atoms with Crippen molar-refractivity contribution in [2.24, 2.45) is 0 Å². The Morgan fingerprint density at radius 3 is 2.55 bits per heavy atom. The third-order valence-corrected chi connectivity index (χ3v) is 5.07. The van der Waals surface area contributed by atoms with Crippen LogP contribution in [0.1, 0.15) is 35.0 Å². The molecule has 170 valence electrons. The number of nitrogens with zero attached hydrogens (tertiary/aromatic N) is 4. The van der Waals surface area contributed by atoms with E-state index in [1.165, 1.54) is 9.58 Å². The summed E-state index contributed by atoms with van der Waals surface area (Å²) < 4.78 is 12.3. The monoisotopic (exact) mass is 446 g/mol. The van der Waals surface area contributed by atoms with Gasteiger partial charge in [0.15, 0.2) is 12.4 Å². The lowest BCUT2D eigenvalue weighted by Gasteiger charge is -2.22. The van der Waals surface area contributed by atoms with E-state index in [4.69, 9.17) is 14.7 Å². The summed E-state index contributed by atoms with van der Waals surface area (Å²) in [6.07, 6.45) is 1.73. The van der Waals surface area contributed by atoms with Crippen LogP contribution in [0.15, 0.2) is 54.7 Å². The zero-order chi connectivity index (χ0) is 23.8. The van der Waals surface area contributed by atoms with Gasteiger partial charge >= 0.3 is 5.97 Å². The second-order valence-electron chi connectivity index (χ2n) is 7.35. The summed E-state index contributed by atoms with van der Waals surface area (Å²) in [4.78, 5) is 27.0. The van der Waals surface area contributed by atoms with Crippen LogP contribution in [0.2, 0.25) is 0 Å². The Hall–Kier alpha value is -4.12. The van der Waals surface area contributed by atoms with Gasteiger partial charge in [0.2, 0.25) is 5.69 Å². The van der Waals surface area contributed by atoms with Crippen molar-refractivity contribution in [2.45, 2.75) is 27.2 Å². The molecule has 1 aromatic heterocycles. The van der Waals surface area contributed by atoms with Crippen molar-refractivity contribution in [2.75, 3.05) is 24.7 Å². The lowest BCUT2D eigenvalue weighted by Crippen LogP contribution is -2.36. The number of aryl methyl sites for hydroxylation is 2. The van der Waals surface area contributed by atoms with E-state index in [1.54, 1.807) is 13.1 Å². The number of rotatable bonds is 9. The van der Waals surface area contributed by atoms with Gasteiger partial charge in [0.25, 0.3) is 5.91 Å². The number of hydrogen-bond acceptors (Lipinski definition) is 6. The number of esters is 1. The van der Waals surface area contributed by atoms with Gasteiger partial charge in [-0.25, -0.2) is 9.48 Å². The molecule has 0 aliphatic carbocycles. The molecule has 1 heterocycles. The molecule has 8 nitrogen and oxygen atoms in total. The van der Waals surface area contributed by atoms with E-state index in [9.17, 15) is 9.59 Å². The van der Waals surface area contributed by atoms with Gasteiger partial charge in [0.1, 0.15) is 0 Å². The highest BCUT2D eigenvalue weighted by Crippen LogP contribution is 2.23. The third kappa shape index (κ3) is 5.77. The molecule has 0 radical (unpaired) electrons. The minimum absolute atomic E-state index is 0.0109. The van der Waals surface area contributed by atoms with Gasteiger partial charge in [0.05, 0.1) is 31.0 Å². The average Bonchev–Trinajstić information content (AvgIpc) is 3.25. The number of anilines is 1. The zero-order valence-corrected chi connectivity index (χ0v) is 18.9. The molecule has 0 N–H and O–H groups in total. The maximum Gasteiger partial charge on any atom is 0.362 e. The summed E-state index contributed by atoms with van der Waals surface area (Å²) in [6.45, 7) is 5.74. The second kappa shape index (κ2) is 11.0. The van der Waals surface area contributed by atoms with E-state index in [1.807, 2.05) is 62.4 Å². The molecule has 0 atom stereocenters. The largest absolute Gasteiger partial charge is 0.479 e. The van der Waals surface area contributed by atoms with Crippen LogP contribution in [0.3, 0.4) is 0 Å². The van der Waals surface area contributed by atoms with Crippen LogP contribution in [-0.4, -0.2) is 41.4 Å². The van der Waals surface area contributed by atoms with Crippen LogP contribution in [-0.2, 0) is 9.53 Å². The van der Waals surface area contributed by atoms with Crippen LogP contribution in [0.25, 0.3) is 5.69 Å². The second-order valence-corrected chi connectivity index (χ2v) is 7.35. The number of nitriles is 1. The number of aromatic nitrogens is 2. The van der Waals surface area contributed by atoms with E-state index >= 15 is 0 Å². The minimum Gasteiger partial charge on any atom is -0.479 e. The fourth-order valence-corrected chi connectivity index (χ4v) is 3.19. The van der Waals surface area contributed by atoms with Crippen molar-refractivity contribution in [1.82, 2.24) is 9.78 Å². The Bertz CT molecular complexity index is 1160. The van der Waals surface area contributed by atoms with Gasteiger partial charge in [0, 0.05) is 12.2 Å². The SMILES string of the molecule is CCOC(=O)c1nn(-c2ccccc2)cc1OCC(=O)N(CCC#N)c1ccc(C)c(C)c1. The smallest absolute Gasteiger partial charge is 0.362 e. The fraction of sp³-hybridized carbons (Fsp3) is 0.280. The summed E-state index contributed by atoms with van der Waals surface area (Å²) in [5.41, 5.74) is 3.55. The standard InChI is InChI=1S/C25H26N4O4/c1-4-32-25(31)24-22(16-29(27-24)20-9-6-5-7-10-20)33-17-23(30)28(14-8-13-26)21-12-11-18(2)19(3)15-21/h5-7,9-12,15-16H,4,8,14,17H2,1-3H3. The molecule has 0 saturated carbocycles. The summed E-state index contributed by atoms with van der Waals surface area (Å²) in [5.74, 6) is -0.827. The summed E-state index contributed by atoms with van der Waals surface area (Å²) in [5, 5.41) is 13.3. The number of benzene rings is 2. The van der Waals surface area contributed by atoms with E-state index in [0.717, 1.165) is 16.8 Å². The highest BCUT2D eigenvalue weighted by molar-refractivity contribution is 5.95. The maximum absolute atomic E-state index is 13.1. The van der Waals surface area contributed by atoms with Crippen molar-refractivity contribution >= 4 is 17.6 Å². The average molecular weight is 447 g/mol. The zero-order valence-electron chi connectivity index (χ0n) is 18.9. The van der Waals surface area contributed by atoms with Gasteiger partial charge in [-0.1, -0.05) is 24.3 Å². The number of ether oxygens (including phenoxy) is 2. The van der Waals surface area contributed by atoms with Gasteiger partial charge in [-0.05, 0) is 56.2 Å². The molecular formula is C25H26N4O4. The summed E-state index contributed by atoms with van der Waals surface area (Å²) in [6, 6.07) is 17.0. The molecule has 0 aliphatic rings. The summed E-state index contributed by atoms with van der Waals surface area (Å²) in [7, 11) is 0. The molecule has 0 unspecified atom stereocenters. The number of hydrogen-bond donors (Lipinski definition) is 0. The van der Waals surface area contributed by atoms with Gasteiger partial charge in [-0.15, -0.1) is 0 Å². The molecule has 33 heavy (non-hydrogen) atoms. The van der Waals surface area contributed by atoms with E-state index in [2.05, 4.69) is 11.2 Å². The molecule has 1 amide bonds. The van der Waals surface area contributed by atoms with E-state index in [0.29, 0.717) is 5.69 Å². The fourth-order valence-electron chi connectivity index (χ4n) is 3.19. The molecule has 0 bridgehead atoms. The molecule has 0 fully saturated rings. The van der Waals surface area contributed by atoms with Crippen LogP contribution in [0.5, 0.6) is 5.75 Å². The highest BCUT2D eigenvalue weighted by atomic mass is 16.5. The summed E-state index contributed by atoms with van der Waals surface area (Å²) >= 11 is 0. The first-order valence-electron chi connectivity index (χ1n) is 10.6. The maximum atomic E-state index is 13.1. The predicted molar refractivity (Wildman–Crippen MR) is 124 cm³/mol. The van der Waals surface area contributed by atoms with Crippen molar-refractivity contribution in [3.63, 3.8) is 0 Å². The quantitative estimate of drug-likeness (QED) is 0.461. The van der Waals surface area contributed by atoms with Crippen LogP contribution < -0.4 is 9.64 Å². The Kier molecular flexibility index (Phi) is 7.82. The first kappa shape index (κ1) is 23.5. The number of carbonyl (C=O) groups is 2. The van der Waals surface area contributed by atoms with Gasteiger partial charge in [-0.3, -0.25) is 4.79 Å². The lowest BCUT2D eigenvalue weighted by molar-refractivity contribution is -0.120. The molecule has 8 heteroatoms. The van der Waals surface area contributed by atoms with E-state index < -0.39 is 5.97 Å². The number of amides is 1. The van der Waals surface area contributed by atoms with Crippen LogP contribution in [0, 0.1) is 25.2 Å². The normalized spacial score (nSPS) is 10.4. The third-order valence-electron chi connectivity index (χ3n) is 5.07. The number of carbonyl (C=O) groups excluding carboxylic acids is 2. The Morgan fingerprint density at radius 1 is 1.12 bits per heavy atom. The van der Waals surface area contributed by atoms with Gasteiger partial charge < -0.3 is 14.4 Å². The topological polar surface area (TPSA) is 97.4 Å². The molecule has 3 aromatic rings. The van der Waals surface area contributed by atoms with E-state index in [-0.39, 0.29) is 43.5 Å². The molecular weight excluding hydrogens is 420 g/mol. The first-order valence-corrected chi connectivity index (χ1v) is 10.6. The Balaban J connectivity index is 1.84. The number of para-hydroxylation sites is 1. The van der Waals surface area contributed by atoms with Crippen LogP contribution >= 0.6 is 0 Å². The molecule has 0 spiro atoms. The van der Waals surface area contributed by atoms with Crippen LogP contribution in [0.4, 0.5) is 5.69 Å². The Morgan fingerprint density at radius 2 is 1.88 bits per heavy atom. The molecule has 0 saturated heterocycles. The lowest BCUT2D eigenvalue weighted by atomic mass is 10.1. The van der Waals surface area contributed by atoms with Gasteiger partial charge in [-0.2, -0.15) is 10.4 Å². The molecule has 3 rings (SSSR count). The predicted octanol–water partition coefficient (Wildman–Crippen LogP) is 3.99. The minimum atomic E-state index is -0.634. The molecule has 2 aromatic carbocycles.